The molecule has 0 radical (unpaired) electrons. The molecule has 160 valence electrons. The number of aryl methyl sites for hydroxylation is 1. The lowest BCUT2D eigenvalue weighted by Gasteiger charge is -2.13. The zero-order valence-corrected chi connectivity index (χ0v) is 18.5. The summed E-state index contributed by atoms with van der Waals surface area (Å²) in [5.41, 5.74) is 3.09. The van der Waals surface area contributed by atoms with Crippen molar-refractivity contribution >= 4 is 39.4 Å². The second kappa shape index (κ2) is 10.1. The number of carbonyl (C=O) groups is 1. The van der Waals surface area contributed by atoms with Crippen LogP contribution >= 0.6 is 23.2 Å². The maximum atomic E-state index is 10.9. The zero-order chi connectivity index (χ0) is 22.5. The molecule has 0 aliphatic heterocycles. The molecule has 0 aliphatic carbocycles. The number of rotatable bonds is 5. The van der Waals surface area contributed by atoms with Crippen molar-refractivity contribution in [1.82, 2.24) is 14.5 Å². The minimum Gasteiger partial charge on any atom is -0.477 e. The molecule has 11 heteroatoms. The van der Waals surface area contributed by atoms with Crippen LogP contribution in [-0.2, 0) is 16.8 Å². The molecule has 0 saturated heterocycles. The number of aromatic nitrogens is 2. The third kappa shape index (κ3) is 6.54. The SMILES string of the molecule is Cc1ccc(CN(C)S(N)(=O)=O)cc1.O=C(O)c1[nH]ncc1-c1ccc(Cl)cc1Cl. The fourth-order valence-corrected chi connectivity index (χ4v) is 3.24. The Labute approximate surface area is 184 Å². The molecule has 0 bridgehead atoms. The highest BCUT2D eigenvalue weighted by Crippen LogP contribution is 2.31. The molecule has 0 saturated carbocycles. The molecule has 0 amide bonds. The highest BCUT2D eigenvalue weighted by Gasteiger charge is 2.16. The number of aromatic carboxylic acids is 1. The number of aromatic amines is 1. The Kier molecular flexibility index (Phi) is 7.99. The number of nitrogens with two attached hydrogens (primary N) is 1. The summed E-state index contributed by atoms with van der Waals surface area (Å²) >= 11 is 11.7. The van der Waals surface area contributed by atoms with E-state index in [0.717, 1.165) is 15.4 Å². The third-order valence-electron chi connectivity index (χ3n) is 4.03. The van der Waals surface area contributed by atoms with Crippen molar-refractivity contribution < 1.29 is 18.3 Å². The van der Waals surface area contributed by atoms with Gasteiger partial charge in [-0.05, 0) is 24.6 Å². The molecule has 0 spiro atoms. The molecule has 0 fully saturated rings. The molecule has 30 heavy (non-hydrogen) atoms. The van der Waals surface area contributed by atoms with Crippen molar-refractivity contribution in [3.8, 4) is 11.1 Å². The van der Waals surface area contributed by atoms with Gasteiger partial charge in [0.1, 0.15) is 0 Å². The van der Waals surface area contributed by atoms with Crippen LogP contribution < -0.4 is 5.14 Å². The standard InChI is InChI=1S/C10H6Cl2N2O2.C9H14N2O2S/c11-5-1-2-6(8(12)3-5)7-4-13-14-9(7)10(15)16;1-8-3-5-9(6-4-8)7-11(2)14(10,12)13/h1-4H,(H,13,14)(H,15,16);3-6H,7H2,1-2H3,(H2,10,12,13). The number of hydrogen-bond donors (Lipinski definition) is 3. The zero-order valence-electron chi connectivity index (χ0n) is 16.1. The monoisotopic (exact) mass is 470 g/mol. The minimum atomic E-state index is -3.58. The summed E-state index contributed by atoms with van der Waals surface area (Å²) in [6.45, 7) is 2.28. The van der Waals surface area contributed by atoms with Gasteiger partial charge in [0.25, 0.3) is 10.2 Å². The topological polar surface area (TPSA) is 129 Å². The lowest BCUT2D eigenvalue weighted by Crippen LogP contribution is -2.32. The lowest BCUT2D eigenvalue weighted by atomic mass is 10.1. The number of carboxylic acid groups (broad SMARTS) is 1. The number of carboxylic acids is 1. The van der Waals surface area contributed by atoms with Gasteiger partial charge in [0, 0.05) is 29.7 Å². The first kappa shape index (κ1) is 23.8. The van der Waals surface area contributed by atoms with Crippen LogP contribution in [0.4, 0.5) is 0 Å². The average Bonchev–Trinajstić information content (AvgIpc) is 3.13. The number of hydrogen-bond acceptors (Lipinski definition) is 4. The fraction of sp³-hybridized carbons (Fsp3) is 0.158. The average molecular weight is 471 g/mol. The van der Waals surface area contributed by atoms with Crippen molar-refractivity contribution in [3.63, 3.8) is 0 Å². The summed E-state index contributed by atoms with van der Waals surface area (Å²) < 4.78 is 22.9. The van der Waals surface area contributed by atoms with Crippen LogP contribution in [0.3, 0.4) is 0 Å². The van der Waals surface area contributed by atoms with E-state index in [1.165, 1.54) is 13.2 Å². The van der Waals surface area contributed by atoms with E-state index in [4.69, 9.17) is 33.4 Å². The smallest absolute Gasteiger partial charge is 0.354 e. The van der Waals surface area contributed by atoms with Gasteiger partial charge in [-0.1, -0.05) is 59.1 Å². The van der Waals surface area contributed by atoms with Crippen LogP contribution in [0.1, 0.15) is 21.6 Å². The number of H-pyrrole nitrogens is 1. The van der Waals surface area contributed by atoms with Crippen LogP contribution in [-0.4, -0.2) is 41.0 Å². The van der Waals surface area contributed by atoms with Crippen LogP contribution in [0.15, 0.2) is 48.7 Å². The summed E-state index contributed by atoms with van der Waals surface area (Å²) in [4.78, 5) is 10.9. The van der Waals surface area contributed by atoms with E-state index >= 15 is 0 Å². The Morgan fingerprint density at radius 1 is 1.17 bits per heavy atom. The predicted molar refractivity (Wildman–Crippen MR) is 117 cm³/mol. The van der Waals surface area contributed by atoms with Gasteiger partial charge < -0.3 is 5.11 Å². The quantitative estimate of drug-likeness (QED) is 0.523. The Balaban J connectivity index is 0.000000216. The van der Waals surface area contributed by atoms with Crippen molar-refractivity contribution in [1.29, 1.82) is 0 Å². The molecule has 1 heterocycles. The molecule has 0 atom stereocenters. The van der Waals surface area contributed by atoms with Gasteiger partial charge in [-0.25, -0.2) is 9.93 Å². The molecule has 3 aromatic rings. The van der Waals surface area contributed by atoms with Crippen LogP contribution in [0.5, 0.6) is 0 Å². The van der Waals surface area contributed by atoms with E-state index in [1.807, 2.05) is 31.2 Å². The Bertz CT molecular complexity index is 1130. The highest BCUT2D eigenvalue weighted by atomic mass is 35.5. The summed E-state index contributed by atoms with van der Waals surface area (Å²) in [7, 11) is -2.12. The molecule has 4 N–H and O–H groups in total. The van der Waals surface area contributed by atoms with E-state index in [-0.39, 0.29) is 5.69 Å². The fourth-order valence-electron chi connectivity index (χ4n) is 2.40. The first-order valence-electron chi connectivity index (χ1n) is 8.50. The van der Waals surface area contributed by atoms with Gasteiger partial charge in [0.05, 0.1) is 11.2 Å². The molecular weight excluding hydrogens is 451 g/mol. The van der Waals surface area contributed by atoms with Crippen molar-refractivity contribution in [3.05, 3.63) is 75.5 Å². The molecule has 3 rings (SSSR count). The third-order valence-corrected chi connectivity index (χ3v) is 5.58. The Morgan fingerprint density at radius 2 is 1.80 bits per heavy atom. The predicted octanol–water partition coefficient (Wildman–Crippen LogP) is 3.71. The molecule has 0 aliphatic rings. The molecule has 1 aromatic heterocycles. The number of halogens is 2. The van der Waals surface area contributed by atoms with E-state index in [2.05, 4.69) is 10.2 Å². The van der Waals surface area contributed by atoms with E-state index in [0.29, 0.717) is 27.7 Å². The second-order valence-electron chi connectivity index (χ2n) is 6.37. The van der Waals surface area contributed by atoms with Gasteiger partial charge in [-0.3, -0.25) is 5.10 Å². The molecular formula is C19H20Cl2N4O4S. The van der Waals surface area contributed by atoms with Gasteiger partial charge in [0.15, 0.2) is 5.69 Å². The Hall–Kier alpha value is -2.43. The largest absolute Gasteiger partial charge is 0.477 e. The summed E-state index contributed by atoms with van der Waals surface area (Å²) in [6.07, 6.45) is 1.42. The van der Waals surface area contributed by atoms with Crippen molar-refractivity contribution in [2.45, 2.75) is 13.5 Å². The summed E-state index contributed by atoms with van der Waals surface area (Å²) in [5, 5.41) is 20.8. The van der Waals surface area contributed by atoms with Crippen LogP contribution in [0.25, 0.3) is 11.1 Å². The Morgan fingerprint density at radius 3 is 2.33 bits per heavy atom. The maximum Gasteiger partial charge on any atom is 0.354 e. The number of benzene rings is 2. The molecule has 2 aromatic carbocycles. The summed E-state index contributed by atoms with van der Waals surface area (Å²) in [5.74, 6) is -1.08. The van der Waals surface area contributed by atoms with E-state index in [1.54, 1.807) is 18.2 Å². The van der Waals surface area contributed by atoms with Crippen molar-refractivity contribution in [2.75, 3.05) is 7.05 Å². The summed E-state index contributed by atoms with van der Waals surface area (Å²) in [6, 6.07) is 12.5. The minimum absolute atomic E-state index is 0.00391. The maximum absolute atomic E-state index is 10.9. The highest BCUT2D eigenvalue weighted by molar-refractivity contribution is 7.86. The van der Waals surface area contributed by atoms with Gasteiger partial charge in [0.2, 0.25) is 0 Å². The normalized spacial score (nSPS) is 11.1. The molecule has 8 nitrogen and oxygen atoms in total. The van der Waals surface area contributed by atoms with Crippen LogP contribution in [0, 0.1) is 6.92 Å². The first-order chi connectivity index (χ1) is 14.0. The number of nitrogens with one attached hydrogen (secondary N) is 1. The lowest BCUT2D eigenvalue weighted by molar-refractivity contribution is 0.0691. The van der Waals surface area contributed by atoms with Gasteiger partial charge >= 0.3 is 5.97 Å². The van der Waals surface area contributed by atoms with Gasteiger partial charge in [-0.2, -0.15) is 17.8 Å². The second-order valence-corrected chi connectivity index (χ2v) is 8.87. The first-order valence-corrected chi connectivity index (χ1v) is 10.8. The molecule has 0 unspecified atom stereocenters. The van der Waals surface area contributed by atoms with E-state index < -0.39 is 16.2 Å². The van der Waals surface area contributed by atoms with Crippen molar-refractivity contribution in [2.24, 2.45) is 5.14 Å². The van der Waals surface area contributed by atoms with Crippen LogP contribution in [0.2, 0.25) is 10.0 Å². The van der Waals surface area contributed by atoms with E-state index in [9.17, 15) is 13.2 Å². The number of nitrogens with zero attached hydrogens (tertiary/aromatic N) is 2. The van der Waals surface area contributed by atoms with Gasteiger partial charge in [-0.15, -0.1) is 0 Å².